The lowest BCUT2D eigenvalue weighted by Gasteiger charge is -2.34. The first-order chi connectivity index (χ1) is 9.40. The van der Waals surface area contributed by atoms with Gasteiger partial charge < -0.3 is 5.32 Å². The molecule has 0 aromatic heterocycles. The molecule has 1 aliphatic carbocycles. The van der Waals surface area contributed by atoms with E-state index < -0.39 is 10.0 Å². The third-order valence-corrected chi connectivity index (χ3v) is 6.48. The van der Waals surface area contributed by atoms with E-state index in [2.05, 4.69) is 19.3 Å². The predicted octanol–water partition coefficient (Wildman–Crippen LogP) is 2.07. The molecular formula is C15H30N2O2S. The average molecular weight is 302 g/mol. The van der Waals surface area contributed by atoms with Crippen molar-refractivity contribution < 1.29 is 8.42 Å². The molecule has 1 saturated heterocycles. The van der Waals surface area contributed by atoms with Crippen molar-refractivity contribution >= 4 is 10.0 Å². The highest BCUT2D eigenvalue weighted by Gasteiger charge is 2.32. The minimum Gasteiger partial charge on any atom is -0.317 e. The van der Waals surface area contributed by atoms with Gasteiger partial charge in [0.15, 0.2) is 0 Å². The molecule has 0 aromatic rings. The van der Waals surface area contributed by atoms with Crippen molar-refractivity contribution in [1.82, 2.24) is 9.62 Å². The number of hydrogen-bond donors (Lipinski definition) is 1. The molecule has 118 valence electrons. The van der Waals surface area contributed by atoms with Crippen LogP contribution in [0.4, 0.5) is 0 Å². The fraction of sp³-hybridized carbons (Fsp3) is 1.00. The number of piperidine rings is 1. The highest BCUT2D eigenvalue weighted by molar-refractivity contribution is 7.88. The van der Waals surface area contributed by atoms with Crippen LogP contribution in [-0.2, 0) is 10.0 Å². The Hall–Kier alpha value is -0.130. The second-order valence-corrected chi connectivity index (χ2v) is 8.92. The van der Waals surface area contributed by atoms with Crippen LogP contribution in [0, 0.1) is 17.8 Å². The fourth-order valence-corrected chi connectivity index (χ4v) is 4.98. The zero-order valence-corrected chi connectivity index (χ0v) is 14.0. The van der Waals surface area contributed by atoms with E-state index in [0.717, 1.165) is 31.2 Å². The summed E-state index contributed by atoms with van der Waals surface area (Å²) in [5, 5.41) is 3.50. The number of rotatable bonds is 5. The minimum absolute atomic E-state index is 0.520. The Balaban J connectivity index is 1.90. The van der Waals surface area contributed by atoms with Crippen molar-refractivity contribution in [2.75, 3.05) is 26.4 Å². The fourth-order valence-electron chi connectivity index (χ4n) is 4.04. The Morgan fingerprint density at radius 3 is 2.60 bits per heavy atom. The summed E-state index contributed by atoms with van der Waals surface area (Å²) in [5.41, 5.74) is 0. The van der Waals surface area contributed by atoms with Crippen LogP contribution < -0.4 is 5.32 Å². The summed E-state index contributed by atoms with van der Waals surface area (Å²) in [6.45, 7) is 3.78. The van der Waals surface area contributed by atoms with Gasteiger partial charge in [0, 0.05) is 19.1 Å². The highest BCUT2D eigenvalue weighted by Crippen LogP contribution is 2.35. The van der Waals surface area contributed by atoms with Crippen molar-refractivity contribution in [3.05, 3.63) is 0 Å². The maximum Gasteiger partial charge on any atom is 0.211 e. The molecule has 2 fully saturated rings. The Morgan fingerprint density at radius 2 is 2.05 bits per heavy atom. The van der Waals surface area contributed by atoms with E-state index in [9.17, 15) is 8.42 Å². The first-order valence-electron chi connectivity index (χ1n) is 8.02. The second kappa shape index (κ2) is 6.75. The zero-order chi connectivity index (χ0) is 14.8. The number of nitrogens with zero attached hydrogens (tertiary/aromatic N) is 1. The van der Waals surface area contributed by atoms with Crippen LogP contribution in [-0.4, -0.2) is 45.2 Å². The molecule has 4 unspecified atom stereocenters. The average Bonchev–Trinajstić information content (AvgIpc) is 2.82. The summed E-state index contributed by atoms with van der Waals surface area (Å²) in [7, 11) is -0.956. The quantitative estimate of drug-likeness (QED) is 0.846. The molecule has 1 saturated carbocycles. The molecule has 4 nitrogen and oxygen atoms in total. The van der Waals surface area contributed by atoms with Crippen LogP contribution in [0.2, 0.25) is 0 Å². The van der Waals surface area contributed by atoms with E-state index in [1.807, 2.05) is 0 Å². The summed E-state index contributed by atoms with van der Waals surface area (Å²) in [6, 6.07) is 0.560. The monoisotopic (exact) mass is 302 g/mol. The van der Waals surface area contributed by atoms with Gasteiger partial charge in [0.05, 0.1) is 6.26 Å². The summed E-state index contributed by atoms with van der Waals surface area (Å²) in [4.78, 5) is 0. The summed E-state index contributed by atoms with van der Waals surface area (Å²) in [5.74, 6) is 2.16. The van der Waals surface area contributed by atoms with Gasteiger partial charge >= 0.3 is 0 Å². The standard InChI is InChI=1S/C15H30N2O2S/c1-12-6-7-14(9-12)15(16-2)10-13-5-4-8-17(11-13)20(3,18)19/h12-16H,4-11H2,1-3H3. The maximum absolute atomic E-state index is 11.7. The van der Waals surface area contributed by atoms with E-state index in [0.29, 0.717) is 18.5 Å². The first-order valence-corrected chi connectivity index (χ1v) is 9.87. The normalized spacial score (nSPS) is 34.2. The highest BCUT2D eigenvalue weighted by atomic mass is 32.2. The summed E-state index contributed by atoms with van der Waals surface area (Å²) in [6.07, 6.45) is 8.65. The van der Waals surface area contributed by atoms with Gasteiger partial charge in [-0.3, -0.25) is 0 Å². The molecule has 2 aliphatic rings. The van der Waals surface area contributed by atoms with E-state index in [4.69, 9.17) is 0 Å². The van der Waals surface area contributed by atoms with Crippen LogP contribution in [0.1, 0.15) is 45.4 Å². The Bertz CT molecular complexity index is 410. The van der Waals surface area contributed by atoms with E-state index >= 15 is 0 Å². The van der Waals surface area contributed by atoms with Gasteiger partial charge in [-0.2, -0.15) is 0 Å². The molecule has 4 atom stereocenters. The molecule has 20 heavy (non-hydrogen) atoms. The van der Waals surface area contributed by atoms with Gasteiger partial charge in [-0.15, -0.1) is 0 Å². The SMILES string of the molecule is CNC(CC1CCCN(S(C)(=O)=O)C1)C1CCC(C)C1. The van der Waals surface area contributed by atoms with Gasteiger partial charge in [-0.25, -0.2) is 12.7 Å². The largest absolute Gasteiger partial charge is 0.317 e. The summed E-state index contributed by atoms with van der Waals surface area (Å²) < 4.78 is 25.1. The Morgan fingerprint density at radius 1 is 1.30 bits per heavy atom. The Kier molecular flexibility index (Phi) is 5.49. The van der Waals surface area contributed by atoms with Gasteiger partial charge in [-0.05, 0) is 56.9 Å². The van der Waals surface area contributed by atoms with E-state index in [-0.39, 0.29) is 0 Å². The van der Waals surface area contributed by atoms with Crippen LogP contribution in [0.3, 0.4) is 0 Å². The Labute approximate surface area is 124 Å². The smallest absolute Gasteiger partial charge is 0.211 e. The van der Waals surface area contributed by atoms with E-state index in [1.165, 1.54) is 31.9 Å². The van der Waals surface area contributed by atoms with Crippen LogP contribution in [0.25, 0.3) is 0 Å². The van der Waals surface area contributed by atoms with Gasteiger partial charge in [-0.1, -0.05) is 13.3 Å². The molecule has 5 heteroatoms. The molecule has 1 aliphatic heterocycles. The van der Waals surface area contributed by atoms with Gasteiger partial charge in [0.2, 0.25) is 10.0 Å². The summed E-state index contributed by atoms with van der Waals surface area (Å²) >= 11 is 0. The topological polar surface area (TPSA) is 49.4 Å². The number of hydrogen-bond acceptors (Lipinski definition) is 3. The third-order valence-electron chi connectivity index (χ3n) is 5.21. The van der Waals surface area contributed by atoms with E-state index in [1.54, 1.807) is 4.31 Å². The lowest BCUT2D eigenvalue weighted by molar-refractivity contribution is 0.217. The molecule has 0 amide bonds. The number of sulfonamides is 1. The molecule has 0 spiro atoms. The molecule has 0 aromatic carbocycles. The first kappa shape index (κ1) is 16.2. The lowest BCUT2D eigenvalue weighted by Crippen LogP contribution is -2.42. The van der Waals surface area contributed by atoms with Crippen LogP contribution >= 0.6 is 0 Å². The molecule has 1 N–H and O–H groups in total. The lowest BCUT2D eigenvalue weighted by atomic mass is 9.85. The predicted molar refractivity (Wildman–Crippen MR) is 83.1 cm³/mol. The number of nitrogens with one attached hydrogen (secondary N) is 1. The zero-order valence-electron chi connectivity index (χ0n) is 13.1. The van der Waals surface area contributed by atoms with Crippen molar-refractivity contribution in [3.63, 3.8) is 0 Å². The van der Waals surface area contributed by atoms with Crippen molar-refractivity contribution in [3.8, 4) is 0 Å². The van der Waals surface area contributed by atoms with Crippen molar-refractivity contribution in [2.45, 2.75) is 51.5 Å². The van der Waals surface area contributed by atoms with Gasteiger partial charge in [0.1, 0.15) is 0 Å². The molecule has 2 rings (SSSR count). The molecule has 0 bridgehead atoms. The minimum atomic E-state index is -3.02. The van der Waals surface area contributed by atoms with Crippen molar-refractivity contribution in [2.24, 2.45) is 17.8 Å². The van der Waals surface area contributed by atoms with Crippen LogP contribution in [0.15, 0.2) is 0 Å². The second-order valence-electron chi connectivity index (χ2n) is 6.94. The van der Waals surface area contributed by atoms with Gasteiger partial charge in [0.25, 0.3) is 0 Å². The van der Waals surface area contributed by atoms with Crippen molar-refractivity contribution in [1.29, 1.82) is 0 Å². The van der Waals surface area contributed by atoms with Crippen LogP contribution in [0.5, 0.6) is 0 Å². The maximum atomic E-state index is 11.7. The molecule has 1 heterocycles. The third kappa shape index (κ3) is 4.18. The molecule has 0 radical (unpaired) electrons. The molecular weight excluding hydrogens is 272 g/mol.